The smallest absolute Gasteiger partial charge is 0.207 e. The molecule has 0 atom stereocenters. The molecule has 114 valence electrons. The second-order valence-electron chi connectivity index (χ2n) is 4.22. The highest BCUT2D eigenvalue weighted by atomic mass is 35.7. The van der Waals surface area contributed by atoms with Crippen LogP contribution in [0.3, 0.4) is 0 Å². The summed E-state index contributed by atoms with van der Waals surface area (Å²) >= 11 is 0. The van der Waals surface area contributed by atoms with Gasteiger partial charge >= 0.3 is 0 Å². The van der Waals surface area contributed by atoms with Gasteiger partial charge in [0.2, 0.25) is 0 Å². The molecule has 0 saturated heterocycles. The Hall–Kier alpha value is -2.10. The number of hydrogen-bond acceptors (Lipinski definition) is 2. The highest BCUT2D eigenvalue weighted by Gasteiger charge is 2.14. The molecule has 2 rings (SSSR count). The monoisotopic (exact) mass is 332 g/mol. The first-order chi connectivity index (χ1) is 10.4. The molecule has 0 aliphatic rings. The second-order valence-corrected chi connectivity index (χ2v) is 6.75. The summed E-state index contributed by atoms with van der Waals surface area (Å²) in [5, 5.41) is 0. The first kappa shape index (κ1) is 18.0. The van der Waals surface area contributed by atoms with Crippen LogP contribution in [0.5, 0.6) is 0 Å². The van der Waals surface area contributed by atoms with Gasteiger partial charge in [0.25, 0.3) is 9.05 Å². The Kier molecular flexibility index (Phi) is 6.83. The van der Waals surface area contributed by atoms with Crippen molar-refractivity contribution in [3.8, 4) is 0 Å². The Bertz CT molecular complexity index is 763. The van der Waals surface area contributed by atoms with E-state index in [1.165, 1.54) is 17.7 Å². The molecule has 0 unspecified atom stereocenters. The Morgan fingerprint density at radius 2 is 1.45 bits per heavy atom. The van der Waals surface area contributed by atoms with Crippen LogP contribution < -0.4 is 0 Å². The predicted octanol–water partition coefficient (Wildman–Crippen LogP) is 5.23. The molecule has 0 N–H and O–H groups in total. The zero-order chi connectivity index (χ0) is 16.6. The van der Waals surface area contributed by atoms with Crippen molar-refractivity contribution in [1.29, 1.82) is 0 Å². The van der Waals surface area contributed by atoms with Crippen LogP contribution in [0.1, 0.15) is 16.7 Å². The minimum absolute atomic E-state index is 0.0616. The third-order valence-corrected chi connectivity index (χ3v) is 4.20. The molecule has 0 aliphatic carbocycles. The molecule has 4 heteroatoms. The average molecular weight is 333 g/mol. The lowest BCUT2D eigenvalue weighted by molar-refractivity contribution is 0.609. The molecule has 0 spiro atoms. The molecule has 0 amide bonds. The first-order valence-electron chi connectivity index (χ1n) is 6.44. The summed E-state index contributed by atoms with van der Waals surface area (Å²) in [6.45, 7) is 10.8. The highest BCUT2D eigenvalue weighted by molar-refractivity contribution is 8.13. The molecule has 0 radical (unpaired) electrons. The van der Waals surface area contributed by atoms with Gasteiger partial charge in [-0.3, -0.25) is 0 Å². The summed E-state index contributed by atoms with van der Waals surface area (Å²) in [5.41, 5.74) is 2.35. The van der Waals surface area contributed by atoms with Gasteiger partial charge in [-0.25, -0.2) is 8.42 Å². The summed E-state index contributed by atoms with van der Waals surface area (Å²) in [6.07, 6.45) is 4.84. The lowest BCUT2D eigenvalue weighted by Crippen LogP contribution is -1.95. The normalized spacial score (nSPS) is 10.0. The van der Waals surface area contributed by atoms with Crippen molar-refractivity contribution in [2.45, 2.75) is 4.90 Å². The van der Waals surface area contributed by atoms with Crippen molar-refractivity contribution in [3.63, 3.8) is 0 Å². The molecule has 0 saturated carbocycles. The molecule has 2 nitrogen and oxygen atoms in total. The zero-order valence-corrected chi connectivity index (χ0v) is 13.6. The van der Waals surface area contributed by atoms with Crippen molar-refractivity contribution >= 4 is 38.0 Å². The fraction of sp³-hybridized carbons (Fsp3) is 0. The van der Waals surface area contributed by atoms with Crippen LogP contribution in [0, 0.1) is 0 Å². The van der Waals surface area contributed by atoms with Gasteiger partial charge in [-0.05, 0) is 17.2 Å². The first-order valence-corrected chi connectivity index (χ1v) is 8.75. The summed E-state index contributed by atoms with van der Waals surface area (Å²) in [7, 11) is 1.54. The van der Waals surface area contributed by atoms with Crippen molar-refractivity contribution in [3.05, 3.63) is 85.0 Å². The van der Waals surface area contributed by atoms with Crippen molar-refractivity contribution in [1.82, 2.24) is 0 Å². The SMILES string of the molecule is C=Cc1cccc(S(=O)(=O)Cl)c1C=C.C=Cc1ccccc1. The number of halogens is 1. The van der Waals surface area contributed by atoms with Gasteiger partial charge in [0.05, 0.1) is 4.90 Å². The molecule has 0 bridgehead atoms. The van der Waals surface area contributed by atoms with Crippen LogP contribution in [-0.2, 0) is 9.05 Å². The molecule has 0 aromatic heterocycles. The van der Waals surface area contributed by atoms with Crippen LogP contribution in [0.25, 0.3) is 18.2 Å². The molecule has 2 aromatic carbocycles. The maximum atomic E-state index is 11.2. The number of hydrogen-bond donors (Lipinski definition) is 0. The maximum absolute atomic E-state index is 11.2. The minimum atomic E-state index is -3.72. The van der Waals surface area contributed by atoms with Gasteiger partial charge in [0.15, 0.2) is 0 Å². The molecule has 0 fully saturated rings. The van der Waals surface area contributed by atoms with E-state index in [1.54, 1.807) is 18.2 Å². The van der Waals surface area contributed by atoms with E-state index >= 15 is 0 Å². The summed E-state index contributed by atoms with van der Waals surface area (Å²) in [4.78, 5) is 0.0616. The highest BCUT2D eigenvalue weighted by Crippen LogP contribution is 2.24. The van der Waals surface area contributed by atoms with Gasteiger partial charge in [0.1, 0.15) is 0 Å². The van der Waals surface area contributed by atoms with E-state index in [0.717, 1.165) is 0 Å². The summed E-state index contributed by atoms with van der Waals surface area (Å²) < 4.78 is 22.3. The molecule has 2 aromatic rings. The van der Waals surface area contributed by atoms with Crippen molar-refractivity contribution < 1.29 is 8.42 Å². The van der Waals surface area contributed by atoms with Gasteiger partial charge in [0, 0.05) is 16.2 Å². The summed E-state index contributed by atoms with van der Waals surface area (Å²) in [6, 6.07) is 14.8. The standard InChI is InChI=1S/C10H9ClO2S.C8H8/c1-3-8-6-5-7-10(9(8)4-2)14(11,12)13;1-2-8-6-4-3-5-7-8/h3-7H,1-2H2;2-7H,1H2. The quantitative estimate of drug-likeness (QED) is 0.718. The topological polar surface area (TPSA) is 34.1 Å². The van der Waals surface area contributed by atoms with E-state index in [2.05, 4.69) is 19.7 Å². The summed E-state index contributed by atoms with van der Waals surface area (Å²) in [5.74, 6) is 0. The third-order valence-electron chi connectivity index (χ3n) is 2.82. The number of rotatable bonds is 4. The Morgan fingerprint density at radius 1 is 0.818 bits per heavy atom. The van der Waals surface area contributed by atoms with E-state index in [1.807, 2.05) is 36.4 Å². The van der Waals surface area contributed by atoms with Gasteiger partial charge in [-0.15, -0.1) is 0 Å². The van der Waals surface area contributed by atoms with E-state index in [9.17, 15) is 8.42 Å². The molecular weight excluding hydrogens is 316 g/mol. The minimum Gasteiger partial charge on any atom is -0.207 e. The van der Waals surface area contributed by atoms with Crippen LogP contribution in [0.15, 0.2) is 73.2 Å². The van der Waals surface area contributed by atoms with Gasteiger partial charge < -0.3 is 0 Å². The predicted molar refractivity (Wildman–Crippen MR) is 96.2 cm³/mol. The van der Waals surface area contributed by atoms with Crippen LogP contribution in [0.4, 0.5) is 0 Å². The lowest BCUT2D eigenvalue weighted by Gasteiger charge is -2.05. The lowest BCUT2D eigenvalue weighted by atomic mass is 10.1. The second kappa shape index (κ2) is 8.37. The Balaban J connectivity index is 0.000000255. The number of benzene rings is 2. The van der Waals surface area contributed by atoms with Crippen molar-refractivity contribution in [2.24, 2.45) is 0 Å². The average Bonchev–Trinajstić information content (AvgIpc) is 2.54. The van der Waals surface area contributed by atoms with Crippen molar-refractivity contribution in [2.75, 3.05) is 0 Å². The van der Waals surface area contributed by atoms with E-state index < -0.39 is 9.05 Å². The van der Waals surface area contributed by atoms with E-state index in [4.69, 9.17) is 10.7 Å². The maximum Gasteiger partial charge on any atom is 0.261 e. The molecular formula is C18H17ClO2S. The van der Waals surface area contributed by atoms with Gasteiger partial charge in [-0.2, -0.15) is 0 Å². The van der Waals surface area contributed by atoms with Crippen LogP contribution >= 0.6 is 10.7 Å². The fourth-order valence-corrected chi connectivity index (χ4v) is 2.87. The molecule has 0 aliphatic heterocycles. The molecule has 0 heterocycles. The van der Waals surface area contributed by atoms with Crippen LogP contribution in [0.2, 0.25) is 0 Å². The van der Waals surface area contributed by atoms with Gasteiger partial charge in [-0.1, -0.05) is 80.4 Å². The zero-order valence-electron chi connectivity index (χ0n) is 12.1. The Labute approximate surface area is 136 Å². The van der Waals surface area contributed by atoms with E-state index in [0.29, 0.717) is 11.1 Å². The van der Waals surface area contributed by atoms with Crippen LogP contribution in [-0.4, -0.2) is 8.42 Å². The largest absolute Gasteiger partial charge is 0.261 e. The third kappa shape index (κ3) is 5.02. The fourth-order valence-electron chi connectivity index (χ4n) is 1.76. The van der Waals surface area contributed by atoms with E-state index in [-0.39, 0.29) is 4.90 Å². The molecule has 22 heavy (non-hydrogen) atoms. The Morgan fingerprint density at radius 3 is 1.86 bits per heavy atom.